The molecule has 9 nitrogen and oxygen atoms in total. The van der Waals surface area contributed by atoms with Crippen molar-refractivity contribution < 1.29 is 28.5 Å². The van der Waals surface area contributed by atoms with Gasteiger partial charge in [-0.05, 0) is 83.1 Å². The van der Waals surface area contributed by atoms with Gasteiger partial charge in [-0.25, -0.2) is 5.43 Å². The number of benzene rings is 4. The second-order valence-electron chi connectivity index (χ2n) is 8.80. The van der Waals surface area contributed by atoms with Crippen molar-refractivity contribution in [2.24, 2.45) is 5.10 Å². The predicted molar refractivity (Wildman–Crippen MR) is 170 cm³/mol. The van der Waals surface area contributed by atoms with Crippen LogP contribution in [0.25, 0.3) is 0 Å². The van der Waals surface area contributed by atoms with Crippen LogP contribution in [-0.4, -0.2) is 38.4 Å². The van der Waals surface area contributed by atoms with Crippen LogP contribution in [0.2, 0.25) is 0 Å². The summed E-state index contributed by atoms with van der Waals surface area (Å²) >= 11 is 2.09. The standard InChI is InChI=1S/C32H30IN3O6/c1-3-40-28-18-24(14-15-27(28)41-20-22-10-6-4-7-11-22)32(38)36-34-19-23-16-26(33)31(29(17-23)39-2)42-21-30(37)35-25-12-8-5-9-13-25/h4-19H,3,20-21H2,1-2H3,(H,35,37)(H,36,38)/b34-19+. The average Bonchev–Trinajstić information content (AvgIpc) is 3.00. The Morgan fingerprint density at radius 1 is 0.857 bits per heavy atom. The maximum absolute atomic E-state index is 12.8. The fourth-order valence-corrected chi connectivity index (χ4v) is 4.59. The first-order valence-corrected chi connectivity index (χ1v) is 14.2. The monoisotopic (exact) mass is 679 g/mol. The van der Waals surface area contributed by atoms with Crippen LogP contribution in [0.1, 0.15) is 28.4 Å². The number of rotatable bonds is 13. The molecule has 0 radical (unpaired) electrons. The number of hydrazone groups is 1. The van der Waals surface area contributed by atoms with Crippen LogP contribution in [-0.2, 0) is 11.4 Å². The molecule has 0 aromatic heterocycles. The largest absolute Gasteiger partial charge is 0.493 e. The molecule has 4 aromatic rings. The Morgan fingerprint density at radius 2 is 1.60 bits per heavy atom. The number of methoxy groups -OCH3 is 1. The SMILES string of the molecule is CCOc1cc(C(=O)N/N=C/c2cc(I)c(OCC(=O)Nc3ccccc3)c(OC)c2)ccc1OCc1ccccc1. The quantitative estimate of drug-likeness (QED) is 0.101. The number of amides is 2. The van der Waals surface area contributed by atoms with Crippen molar-refractivity contribution in [1.29, 1.82) is 0 Å². The number of halogens is 1. The summed E-state index contributed by atoms with van der Waals surface area (Å²) in [5.41, 5.74) is 5.27. The third kappa shape index (κ3) is 8.71. The van der Waals surface area contributed by atoms with E-state index in [2.05, 4.69) is 38.4 Å². The summed E-state index contributed by atoms with van der Waals surface area (Å²) in [7, 11) is 1.51. The van der Waals surface area contributed by atoms with E-state index in [4.69, 9.17) is 18.9 Å². The minimum Gasteiger partial charge on any atom is -0.493 e. The second-order valence-corrected chi connectivity index (χ2v) is 9.97. The molecule has 4 aromatic carbocycles. The van der Waals surface area contributed by atoms with Gasteiger partial charge < -0.3 is 24.3 Å². The van der Waals surface area contributed by atoms with E-state index in [0.717, 1.165) is 5.56 Å². The van der Waals surface area contributed by atoms with E-state index in [9.17, 15) is 9.59 Å². The third-order valence-electron chi connectivity index (χ3n) is 5.78. The van der Waals surface area contributed by atoms with Crippen molar-refractivity contribution in [1.82, 2.24) is 5.43 Å². The number of ether oxygens (including phenoxy) is 4. The van der Waals surface area contributed by atoms with Crippen molar-refractivity contribution in [3.8, 4) is 23.0 Å². The van der Waals surface area contributed by atoms with Crippen LogP contribution in [0.4, 0.5) is 5.69 Å². The highest BCUT2D eigenvalue weighted by molar-refractivity contribution is 14.1. The highest BCUT2D eigenvalue weighted by Crippen LogP contribution is 2.34. The molecule has 0 aliphatic rings. The molecule has 216 valence electrons. The molecule has 0 unspecified atom stereocenters. The van der Waals surface area contributed by atoms with Crippen LogP contribution in [0, 0.1) is 3.57 Å². The summed E-state index contributed by atoms with van der Waals surface area (Å²) < 4.78 is 23.6. The lowest BCUT2D eigenvalue weighted by Crippen LogP contribution is -2.20. The highest BCUT2D eigenvalue weighted by Gasteiger charge is 2.14. The molecular formula is C32H30IN3O6. The van der Waals surface area contributed by atoms with Gasteiger partial charge in [0.2, 0.25) is 0 Å². The van der Waals surface area contributed by atoms with Crippen molar-refractivity contribution in [2.45, 2.75) is 13.5 Å². The van der Waals surface area contributed by atoms with Crippen molar-refractivity contribution in [3.05, 3.63) is 111 Å². The van der Waals surface area contributed by atoms with E-state index in [1.807, 2.05) is 55.5 Å². The van der Waals surface area contributed by atoms with E-state index in [1.165, 1.54) is 13.3 Å². The highest BCUT2D eigenvalue weighted by atomic mass is 127. The Balaban J connectivity index is 1.37. The molecule has 0 atom stereocenters. The first-order valence-electron chi connectivity index (χ1n) is 13.1. The molecule has 10 heteroatoms. The summed E-state index contributed by atoms with van der Waals surface area (Å²) in [6.07, 6.45) is 1.50. The second kappa shape index (κ2) is 15.4. The lowest BCUT2D eigenvalue weighted by molar-refractivity contribution is -0.118. The van der Waals surface area contributed by atoms with Gasteiger partial charge in [-0.1, -0.05) is 48.5 Å². The summed E-state index contributed by atoms with van der Waals surface area (Å²) in [4.78, 5) is 25.1. The molecule has 4 rings (SSSR count). The van der Waals surface area contributed by atoms with Gasteiger partial charge in [-0.2, -0.15) is 5.10 Å². The number of nitrogens with zero attached hydrogens (tertiary/aromatic N) is 1. The van der Waals surface area contributed by atoms with Gasteiger partial charge in [0.25, 0.3) is 11.8 Å². The zero-order chi connectivity index (χ0) is 29.7. The maximum atomic E-state index is 12.8. The smallest absolute Gasteiger partial charge is 0.271 e. The first-order chi connectivity index (χ1) is 20.5. The van der Waals surface area contributed by atoms with Gasteiger partial charge in [0.1, 0.15) is 6.61 Å². The predicted octanol–water partition coefficient (Wildman–Crippen LogP) is 6.06. The molecule has 0 saturated carbocycles. The number of hydrogen-bond acceptors (Lipinski definition) is 7. The molecule has 0 fully saturated rings. The molecular weight excluding hydrogens is 649 g/mol. The van der Waals surface area contributed by atoms with Crippen LogP contribution < -0.4 is 29.7 Å². The fraction of sp³-hybridized carbons (Fsp3) is 0.156. The van der Waals surface area contributed by atoms with Crippen molar-refractivity contribution in [3.63, 3.8) is 0 Å². The van der Waals surface area contributed by atoms with Crippen LogP contribution in [0.15, 0.2) is 96.1 Å². The number of para-hydroxylation sites is 1. The molecule has 0 aliphatic heterocycles. The minimum absolute atomic E-state index is 0.190. The number of hydrogen-bond donors (Lipinski definition) is 2. The maximum Gasteiger partial charge on any atom is 0.271 e. The molecule has 0 saturated heterocycles. The topological polar surface area (TPSA) is 107 Å². The molecule has 0 heterocycles. The average molecular weight is 680 g/mol. The Bertz CT molecular complexity index is 1530. The Kier molecular flexibility index (Phi) is 11.2. The third-order valence-corrected chi connectivity index (χ3v) is 6.58. The Labute approximate surface area is 258 Å². The zero-order valence-electron chi connectivity index (χ0n) is 23.1. The van der Waals surface area contributed by atoms with Crippen LogP contribution in [0.3, 0.4) is 0 Å². The van der Waals surface area contributed by atoms with Gasteiger partial charge in [0, 0.05) is 11.3 Å². The van der Waals surface area contributed by atoms with E-state index in [0.29, 0.717) is 56.6 Å². The van der Waals surface area contributed by atoms with Crippen LogP contribution >= 0.6 is 22.6 Å². The molecule has 42 heavy (non-hydrogen) atoms. The normalized spacial score (nSPS) is 10.6. The molecule has 2 amide bonds. The lowest BCUT2D eigenvalue weighted by atomic mass is 10.2. The van der Waals surface area contributed by atoms with Gasteiger partial charge in [-0.3, -0.25) is 9.59 Å². The van der Waals surface area contributed by atoms with E-state index < -0.39 is 5.91 Å². The number of carbonyl (C=O) groups excluding carboxylic acids is 2. The summed E-state index contributed by atoms with van der Waals surface area (Å²) in [6.45, 7) is 2.47. The molecule has 0 bridgehead atoms. The molecule has 0 aliphatic carbocycles. The minimum atomic E-state index is -0.409. The van der Waals surface area contributed by atoms with Gasteiger partial charge >= 0.3 is 0 Å². The lowest BCUT2D eigenvalue weighted by Gasteiger charge is -2.14. The summed E-state index contributed by atoms with van der Waals surface area (Å²) in [6, 6.07) is 27.4. The number of carbonyl (C=O) groups is 2. The summed E-state index contributed by atoms with van der Waals surface area (Å²) in [5.74, 6) is 1.17. The zero-order valence-corrected chi connectivity index (χ0v) is 25.3. The van der Waals surface area contributed by atoms with Crippen molar-refractivity contribution in [2.75, 3.05) is 25.6 Å². The van der Waals surface area contributed by atoms with E-state index in [1.54, 1.807) is 42.5 Å². The Morgan fingerprint density at radius 3 is 2.31 bits per heavy atom. The van der Waals surface area contributed by atoms with E-state index in [-0.39, 0.29) is 12.5 Å². The van der Waals surface area contributed by atoms with Gasteiger partial charge in [-0.15, -0.1) is 0 Å². The molecule has 2 N–H and O–H groups in total. The fourth-order valence-electron chi connectivity index (χ4n) is 3.81. The van der Waals surface area contributed by atoms with E-state index >= 15 is 0 Å². The molecule has 0 spiro atoms. The first kappa shape index (κ1) is 30.4. The Hall–Kier alpha value is -4.58. The van der Waals surface area contributed by atoms with Gasteiger partial charge in [0.05, 0.1) is 23.5 Å². The number of anilines is 1. The van der Waals surface area contributed by atoms with Crippen molar-refractivity contribution >= 4 is 46.3 Å². The van der Waals surface area contributed by atoms with Crippen LogP contribution in [0.5, 0.6) is 23.0 Å². The summed E-state index contributed by atoms with van der Waals surface area (Å²) in [5, 5.41) is 6.87. The number of nitrogens with one attached hydrogen (secondary N) is 2. The van der Waals surface area contributed by atoms with Gasteiger partial charge in [0.15, 0.2) is 29.6 Å².